The Bertz CT molecular complexity index is 290. The number of nitrogens with one attached hydrogen (secondary N) is 2. The van der Waals surface area contributed by atoms with Crippen molar-refractivity contribution in [2.24, 2.45) is 0 Å². The zero-order valence-corrected chi connectivity index (χ0v) is 8.54. The zero-order chi connectivity index (χ0) is 10.4. The Hall–Kier alpha value is -1.36. The van der Waals surface area contributed by atoms with Crippen molar-refractivity contribution in [3.63, 3.8) is 0 Å². The lowest BCUT2D eigenvalue weighted by Crippen LogP contribution is -2.09. The van der Waals surface area contributed by atoms with Gasteiger partial charge in [0.1, 0.15) is 17.5 Å². The third-order valence-corrected chi connectivity index (χ3v) is 1.61. The Kier molecular flexibility index (Phi) is 4.12. The van der Waals surface area contributed by atoms with Crippen LogP contribution in [-0.4, -0.2) is 34.8 Å². The fraction of sp³-hybridized carbons (Fsp3) is 0.556. The van der Waals surface area contributed by atoms with Crippen LogP contribution in [0.25, 0.3) is 0 Å². The molecule has 1 heterocycles. The summed E-state index contributed by atoms with van der Waals surface area (Å²) in [5.41, 5.74) is 0. The molecular weight excluding hydrogens is 180 g/mol. The van der Waals surface area contributed by atoms with Crippen molar-refractivity contribution < 1.29 is 5.11 Å². The average Bonchev–Trinajstić information content (AvgIpc) is 2.14. The minimum atomic E-state index is 0.0968. The molecule has 0 bridgehead atoms. The summed E-state index contributed by atoms with van der Waals surface area (Å²) in [7, 11) is 0. The van der Waals surface area contributed by atoms with E-state index in [4.69, 9.17) is 5.11 Å². The Labute approximate surface area is 83.6 Å². The van der Waals surface area contributed by atoms with Crippen LogP contribution in [0.3, 0.4) is 0 Å². The standard InChI is InChI=1S/C9H16N4O/c1-3-10-8-6-9(11-4-5-14)13-7(2)12-8/h6,14H,3-5H2,1-2H3,(H2,10,11,12,13). The highest BCUT2D eigenvalue weighted by atomic mass is 16.3. The van der Waals surface area contributed by atoms with Crippen LogP contribution in [0.5, 0.6) is 0 Å². The van der Waals surface area contributed by atoms with Crippen molar-refractivity contribution in [2.75, 3.05) is 30.3 Å². The van der Waals surface area contributed by atoms with Gasteiger partial charge in [0.2, 0.25) is 0 Å². The lowest BCUT2D eigenvalue weighted by atomic mass is 10.4. The van der Waals surface area contributed by atoms with E-state index in [9.17, 15) is 0 Å². The smallest absolute Gasteiger partial charge is 0.131 e. The van der Waals surface area contributed by atoms with Gasteiger partial charge in [-0.1, -0.05) is 0 Å². The number of aryl methyl sites for hydroxylation is 1. The predicted octanol–water partition coefficient (Wildman–Crippen LogP) is 0.621. The maximum absolute atomic E-state index is 8.65. The Morgan fingerprint density at radius 1 is 1.29 bits per heavy atom. The highest BCUT2D eigenvalue weighted by Gasteiger charge is 1.99. The van der Waals surface area contributed by atoms with Gasteiger partial charge < -0.3 is 15.7 Å². The van der Waals surface area contributed by atoms with Gasteiger partial charge in [-0.3, -0.25) is 0 Å². The molecule has 5 nitrogen and oxygen atoms in total. The largest absolute Gasteiger partial charge is 0.395 e. The molecule has 1 rings (SSSR count). The fourth-order valence-corrected chi connectivity index (χ4v) is 1.11. The topological polar surface area (TPSA) is 70.1 Å². The molecule has 1 aromatic heterocycles. The van der Waals surface area contributed by atoms with Gasteiger partial charge in [0, 0.05) is 19.2 Å². The summed E-state index contributed by atoms with van der Waals surface area (Å²) in [6.45, 7) is 5.28. The monoisotopic (exact) mass is 196 g/mol. The van der Waals surface area contributed by atoms with Gasteiger partial charge in [-0.25, -0.2) is 9.97 Å². The molecule has 0 aromatic carbocycles. The number of rotatable bonds is 5. The number of anilines is 2. The van der Waals surface area contributed by atoms with Crippen LogP contribution in [0.1, 0.15) is 12.7 Å². The second kappa shape index (κ2) is 5.39. The number of hydrogen-bond donors (Lipinski definition) is 3. The quantitative estimate of drug-likeness (QED) is 0.644. The summed E-state index contributed by atoms with van der Waals surface area (Å²) < 4.78 is 0. The molecule has 5 heteroatoms. The highest BCUT2D eigenvalue weighted by Crippen LogP contribution is 2.10. The minimum absolute atomic E-state index is 0.0968. The van der Waals surface area contributed by atoms with Gasteiger partial charge >= 0.3 is 0 Å². The van der Waals surface area contributed by atoms with E-state index in [-0.39, 0.29) is 6.61 Å². The van der Waals surface area contributed by atoms with Crippen LogP contribution in [0, 0.1) is 6.92 Å². The summed E-state index contributed by atoms with van der Waals surface area (Å²) >= 11 is 0. The molecule has 0 aliphatic rings. The van der Waals surface area contributed by atoms with Crippen molar-refractivity contribution in [1.29, 1.82) is 0 Å². The second-order valence-electron chi connectivity index (χ2n) is 2.87. The maximum atomic E-state index is 8.65. The summed E-state index contributed by atoms with van der Waals surface area (Å²) in [5, 5.41) is 14.8. The molecular formula is C9H16N4O. The summed E-state index contributed by atoms with van der Waals surface area (Å²) in [4.78, 5) is 8.39. The van der Waals surface area contributed by atoms with Gasteiger partial charge in [0.15, 0.2) is 0 Å². The van der Waals surface area contributed by atoms with Crippen LogP contribution in [-0.2, 0) is 0 Å². The summed E-state index contributed by atoms with van der Waals surface area (Å²) in [6.07, 6.45) is 0. The molecule has 0 aliphatic carbocycles. The van der Waals surface area contributed by atoms with Crippen LogP contribution >= 0.6 is 0 Å². The van der Waals surface area contributed by atoms with E-state index in [1.807, 2.05) is 19.9 Å². The van der Waals surface area contributed by atoms with Crippen LogP contribution in [0.15, 0.2) is 6.07 Å². The molecule has 0 amide bonds. The third-order valence-electron chi connectivity index (χ3n) is 1.61. The summed E-state index contributed by atoms with van der Waals surface area (Å²) in [5.74, 6) is 2.26. The van der Waals surface area contributed by atoms with Gasteiger partial charge in [0.05, 0.1) is 6.61 Å². The van der Waals surface area contributed by atoms with E-state index in [0.717, 1.165) is 18.2 Å². The number of aliphatic hydroxyl groups is 1. The fourth-order valence-electron chi connectivity index (χ4n) is 1.11. The lowest BCUT2D eigenvalue weighted by molar-refractivity contribution is 0.311. The average molecular weight is 196 g/mol. The first-order valence-corrected chi connectivity index (χ1v) is 4.70. The van der Waals surface area contributed by atoms with Crippen LogP contribution < -0.4 is 10.6 Å². The molecule has 1 aromatic rings. The zero-order valence-electron chi connectivity index (χ0n) is 8.54. The highest BCUT2D eigenvalue weighted by molar-refractivity contribution is 5.47. The predicted molar refractivity (Wildman–Crippen MR) is 56.5 cm³/mol. The molecule has 0 unspecified atom stereocenters. The first-order valence-electron chi connectivity index (χ1n) is 4.70. The summed E-state index contributed by atoms with van der Waals surface area (Å²) in [6, 6.07) is 1.83. The molecule has 14 heavy (non-hydrogen) atoms. The van der Waals surface area contributed by atoms with Gasteiger partial charge in [0.25, 0.3) is 0 Å². The molecule has 0 fully saturated rings. The third kappa shape index (κ3) is 3.18. The molecule has 0 saturated heterocycles. The number of aromatic nitrogens is 2. The first-order chi connectivity index (χ1) is 6.76. The van der Waals surface area contributed by atoms with Crippen molar-refractivity contribution in [3.05, 3.63) is 11.9 Å². The Morgan fingerprint density at radius 2 is 1.93 bits per heavy atom. The van der Waals surface area contributed by atoms with E-state index >= 15 is 0 Å². The van der Waals surface area contributed by atoms with Crippen molar-refractivity contribution >= 4 is 11.6 Å². The number of nitrogens with zero attached hydrogens (tertiary/aromatic N) is 2. The second-order valence-corrected chi connectivity index (χ2v) is 2.87. The molecule has 0 spiro atoms. The van der Waals surface area contributed by atoms with E-state index in [1.165, 1.54) is 0 Å². The normalized spacial score (nSPS) is 9.93. The van der Waals surface area contributed by atoms with E-state index in [1.54, 1.807) is 0 Å². The first kappa shape index (κ1) is 10.7. The lowest BCUT2D eigenvalue weighted by Gasteiger charge is -2.07. The minimum Gasteiger partial charge on any atom is -0.395 e. The molecule has 0 radical (unpaired) electrons. The molecule has 0 saturated carbocycles. The van der Waals surface area contributed by atoms with E-state index in [2.05, 4.69) is 20.6 Å². The van der Waals surface area contributed by atoms with E-state index < -0.39 is 0 Å². The number of aliphatic hydroxyl groups excluding tert-OH is 1. The van der Waals surface area contributed by atoms with E-state index in [0.29, 0.717) is 12.4 Å². The van der Waals surface area contributed by atoms with Crippen molar-refractivity contribution in [3.8, 4) is 0 Å². The molecule has 0 aliphatic heterocycles. The molecule has 78 valence electrons. The Morgan fingerprint density at radius 3 is 2.50 bits per heavy atom. The SMILES string of the molecule is CCNc1cc(NCCO)nc(C)n1. The Balaban J connectivity index is 2.73. The van der Waals surface area contributed by atoms with Crippen LogP contribution in [0.2, 0.25) is 0 Å². The molecule has 0 atom stereocenters. The van der Waals surface area contributed by atoms with Crippen molar-refractivity contribution in [1.82, 2.24) is 9.97 Å². The molecule has 3 N–H and O–H groups in total. The van der Waals surface area contributed by atoms with Gasteiger partial charge in [-0.05, 0) is 13.8 Å². The maximum Gasteiger partial charge on any atom is 0.131 e. The number of hydrogen-bond acceptors (Lipinski definition) is 5. The van der Waals surface area contributed by atoms with Crippen molar-refractivity contribution in [2.45, 2.75) is 13.8 Å². The van der Waals surface area contributed by atoms with Gasteiger partial charge in [-0.2, -0.15) is 0 Å². The van der Waals surface area contributed by atoms with Gasteiger partial charge in [-0.15, -0.1) is 0 Å². The van der Waals surface area contributed by atoms with Crippen LogP contribution in [0.4, 0.5) is 11.6 Å².